The second kappa shape index (κ2) is 7.41. The van der Waals surface area contributed by atoms with E-state index in [1.54, 1.807) is 0 Å². The molecule has 154 valence electrons. The predicted octanol–water partition coefficient (Wildman–Crippen LogP) is 8.11. The summed E-state index contributed by atoms with van der Waals surface area (Å²) in [6.07, 6.45) is 14.7. The maximum absolute atomic E-state index is 6.61. The van der Waals surface area contributed by atoms with Crippen LogP contribution in [0, 0.1) is 34.5 Å². The molecule has 0 aromatic heterocycles. The number of benzene rings is 1. The third-order valence-corrected chi connectivity index (χ3v) is 10.7. The molecule has 2 unspecified atom stereocenters. The summed E-state index contributed by atoms with van der Waals surface area (Å²) in [5, 5.41) is 0. The normalized spacial score (nSPS) is 45.0. The molecule has 5 rings (SSSR count). The number of rotatable bonds is 3. The number of hydrogen-bond acceptors (Lipinski definition) is 2. The van der Waals surface area contributed by atoms with Crippen LogP contribution in [0.5, 0.6) is 5.75 Å². The van der Waals surface area contributed by atoms with Gasteiger partial charge >= 0.3 is 0 Å². The molecule has 4 aliphatic rings. The van der Waals surface area contributed by atoms with Crippen LogP contribution in [0.15, 0.2) is 29.2 Å². The van der Waals surface area contributed by atoms with Gasteiger partial charge in [0.25, 0.3) is 0 Å². The van der Waals surface area contributed by atoms with Crippen LogP contribution >= 0.6 is 21.7 Å². The van der Waals surface area contributed by atoms with Crippen molar-refractivity contribution in [3.63, 3.8) is 0 Å². The molecule has 4 aliphatic carbocycles. The van der Waals surface area contributed by atoms with Gasteiger partial charge < -0.3 is 4.74 Å². The van der Waals surface area contributed by atoms with E-state index in [4.69, 9.17) is 15.4 Å². The molecule has 0 radical (unpaired) electrons. The van der Waals surface area contributed by atoms with E-state index in [2.05, 4.69) is 38.1 Å². The largest absolute Gasteiger partial charge is 0.490 e. The summed E-state index contributed by atoms with van der Waals surface area (Å²) in [5.74, 6) is 4.82. The fourth-order valence-corrected chi connectivity index (χ4v) is 8.72. The van der Waals surface area contributed by atoms with Crippen molar-refractivity contribution in [1.29, 1.82) is 0 Å². The molecule has 7 atom stereocenters. The Morgan fingerprint density at radius 2 is 1.64 bits per heavy atom. The molecule has 1 nitrogen and oxygen atoms in total. The van der Waals surface area contributed by atoms with Crippen molar-refractivity contribution >= 4 is 21.7 Å². The minimum atomic E-state index is 0.360. The van der Waals surface area contributed by atoms with Gasteiger partial charge in [0.15, 0.2) is 0 Å². The Morgan fingerprint density at radius 1 is 0.857 bits per heavy atom. The van der Waals surface area contributed by atoms with E-state index in [-0.39, 0.29) is 0 Å². The molecule has 1 aromatic rings. The monoisotopic (exact) mass is 418 g/mol. The van der Waals surface area contributed by atoms with Gasteiger partial charge in [0, 0.05) is 10.3 Å². The zero-order chi connectivity index (χ0) is 19.4. The fraction of sp³-hybridized carbons (Fsp3) is 0.760. The molecule has 0 heterocycles. The zero-order valence-electron chi connectivity index (χ0n) is 17.5. The van der Waals surface area contributed by atoms with E-state index in [0.29, 0.717) is 16.9 Å². The second-order valence-electron chi connectivity index (χ2n) is 10.7. The summed E-state index contributed by atoms with van der Waals surface area (Å²) in [6, 6.07) is 8.34. The Morgan fingerprint density at radius 3 is 2.43 bits per heavy atom. The first-order valence-corrected chi connectivity index (χ1v) is 13.2. The molecule has 0 spiro atoms. The summed E-state index contributed by atoms with van der Waals surface area (Å²) < 4.78 is 6.61. The van der Waals surface area contributed by atoms with Crippen LogP contribution in [0.2, 0.25) is 0 Å². The lowest BCUT2D eigenvalue weighted by Crippen LogP contribution is -2.53. The van der Waals surface area contributed by atoms with Crippen molar-refractivity contribution in [3.05, 3.63) is 24.3 Å². The summed E-state index contributed by atoms with van der Waals surface area (Å²) in [6.45, 7) is 5.24. The predicted molar refractivity (Wildman–Crippen MR) is 119 cm³/mol. The first kappa shape index (κ1) is 19.6. The summed E-state index contributed by atoms with van der Waals surface area (Å²) in [7, 11) is 7.14. The molecule has 0 amide bonds. The van der Waals surface area contributed by atoms with Crippen molar-refractivity contribution in [2.75, 3.05) is 0 Å². The molecular weight excluding hydrogens is 384 g/mol. The van der Waals surface area contributed by atoms with Gasteiger partial charge in [0.2, 0.25) is 0 Å². The van der Waals surface area contributed by atoms with Gasteiger partial charge in [0.05, 0.1) is 0 Å². The van der Waals surface area contributed by atoms with Crippen LogP contribution in [0.4, 0.5) is 0 Å². The fourth-order valence-electron chi connectivity index (χ4n) is 8.17. The topological polar surface area (TPSA) is 9.23 Å². The average Bonchev–Trinajstić information content (AvgIpc) is 3.04. The van der Waals surface area contributed by atoms with Crippen LogP contribution in [0.25, 0.3) is 0 Å². The highest BCUT2D eigenvalue weighted by Crippen LogP contribution is 2.66. The van der Waals surface area contributed by atoms with Crippen molar-refractivity contribution in [2.24, 2.45) is 34.5 Å². The molecule has 0 N–H and O–H groups in total. The van der Waals surface area contributed by atoms with Crippen LogP contribution < -0.4 is 4.74 Å². The van der Waals surface area contributed by atoms with E-state index in [1.807, 2.05) is 0 Å². The van der Waals surface area contributed by atoms with Crippen molar-refractivity contribution in [1.82, 2.24) is 0 Å². The van der Waals surface area contributed by atoms with Crippen LogP contribution in [-0.4, -0.2) is 6.10 Å². The average molecular weight is 419 g/mol. The van der Waals surface area contributed by atoms with Crippen LogP contribution in [-0.2, 0) is 0 Å². The molecule has 0 bridgehead atoms. The van der Waals surface area contributed by atoms with Crippen molar-refractivity contribution in [3.8, 4) is 5.75 Å². The highest BCUT2D eigenvalue weighted by molar-refractivity contribution is 8.21. The SMILES string of the molecule is C[C@]12CCCCC1CC[C@@H]1[C@H]2CC[C@]2(C)C(Oc3ccc(SCl)cc3)CC[C@@H]12. The molecule has 1 aromatic carbocycles. The number of fused-ring (bicyclic) bond motifs is 5. The van der Waals surface area contributed by atoms with E-state index < -0.39 is 0 Å². The van der Waals surface area contributed by atoms with E-state index in [0.717, 1.165) is 34.3 Å². The Hall–Kier alpha value is -0.340. The van der Waals surface area contributed by atoms with Gasteiger partial charge in [-0.2, -0.15) is 0 Å². The summed E-state index contributed by atoms with van der Waals surface area (Å²) in [5.41, 5.74) is 0.995. The van der Waals surface area contributed by atoms with E-state index in [1.165, 1.54) is 75.2 Å². The number of halogens is 1. The Kier molecular flexibility index (Phi) is 5.19. The molecule has 28 heavy (non-hydrogen) atoms. The van der Waals surface area contributed by atoms with E-state index in [9.17, 15) is 0 Å². The minimum absolute atomic E-state index is 0.360. The smallest absolute Gasteiger partial charge is 0.119 e. The maximum atomic E-state index is 6.61. The van der Waals surface area contributed by atoms with E-state index >= 15 is 0 Å². The molecular formula is C25H35ClOS. The number of hydrogen-bond donors (Lipinski definition) is 0. The maximum Gasteiger partial charge on any atom is 0.119 e. The van der Waals surface area contributed by atoms with Gasteiger partial charge in [-0.3, -0.25) is 0 Å². The summed E-state index contributed by atoms with van der Waals surface area (Å²) in [4.78, 5) is 1.09. The van der Waals surface area contributed by atoms with Gasteiger partial charge in [-0.1, -0.05) is 26.7 Å². The lowest BCUT2D eigenvalue weighted by atomic mass is 9.45. The lowest BCUT2D eigenvalue weighted by Gasteiger charge is -2.60. The zero-order valence-corrected chi connectivity index (χ0v) is 19.0. The second-order valence-corrected chi connectivity index (χ2v) is 11.8. The van der Waals surface area contributed by atoms with Crippen LogP contribution in [0.1, 0.15) is 78.1 Å². The molecule has 0 aliphatic heterocycles. The first-order chi connectivity index (χ1) is 13.5. The highest BCUT2D eigenvalue weighted by atomic mass is 35.7. The highest BCUT2D eigenvalue weighted by Gasteiger charge is 2.60. The Balaban J connectivity index is 1.35. The number of ether oxygens (including phenoxy) is 1. The molecule has 4 fully saturated rings. The minimum Gasteiger partial charge on any atom is -0.490 e. The van der Waals surface area contributed by atoms with Gasteiger partial charge in [-0.15, -0.1) is 0 Å². The van der Waals surface area contributed by atoms with Crippen LogP contribution in [0.3, 0.4) is 0 Å². The van der Waals surface area contributed by atoms with Crippen molar-refractivity contribution < 1.29 is 4.74 Å². The quantitative estimate of drug-likeness (QED) is 0.490. The lowest BCUT2D eigenvalue weighted by molar-refractivity contribution is -0.117. The van der Waals surface area contributed by atoms with Crippen molar-refractivity contribution in [2.45, 2.75) is 89.1 Å². The molecule has 3 heteroatoms. The van der Waals surface area contributed by atoms with Gasteiger partial charge in [0.1, 0.15) is 11.9 Å². The Labute approximate surface area is 179 Å². The Bertz CT molecular complexity index is 705. The van der Waals surface area contributed by atoms with Gasteiger partial charge in [-0.05, 0) is 126 Å². The summed E-state index contributed by atoms with van der Waals surface area (Å²) >= 11 is 0. The molecule has 4 saturated carbocycles. The van der Waals surface area contributed by atoms with Gasteiger partial charge in [-0.25, -0.2) is 0 Å². The standard InChI is InChI=1S/C25H35ClOS/c1-24-15-4-3-5-17(24)6-11-20-21-12-13-23(25(21,2)16-14-22(20)24)27-18-7-9-19(28-26)10-8-18/h7-10,17,20-23H,3-6,11-16H2,1-2H3/t17?,20-,21-,22+,23?,24-,25-/m0/s1. The third kappa shape index (κ3) is 3.04. The third-order valence-electron chi connectivity index (χ3n) is 9.69. The first-order valence-electron chi connectivity index (χ1n) is 11.6. The molecule has 0 saturated heterocycles.